The van der Waals surface area contributed by atoms with Crippen molar-refractivity contribution in [2.45, 2.75) is 90.6 Å². The number of carboxylic acids is 1. The summed E-state index contributed by atoms with van der Waals surface area (Å²) >= 11 is 0. The van der Waals surface area contributed by atoms with Gasteiger partial charge in [0.25, 0.3) is 29.5 Å². The second-order valence-corrected chi connectivity index (χ2v) is 28.1. The van der Waals surface area contributed by atoms with Gasteiger partial charge in [-0.25, -0.2) is 18.0 Å². The van der Waals surface area contributed by atoms with E-state index in [9.17, 15) is 52.2 Å². The van der Waals surface area contributed by atoms with Crippen molar-refractivity contribution in [3.05, 3.63) is 270 Å². The van der Waals surface area contributed by atoms with Crippen LogP contribution in [-0.4, -0.2) is 147 Å². The third-order valence-electron chi connectivity index (χ3n) is 20.6. The van der Waals surface area contributed by atoms with E-state index in [0.717, 1.165) is 88.8 Å². The number of aromatic carboxylic acids is 1. The molecule has 8 heterocycles. The van der Waals surface area contributed by atoms with Gasteiger partial charge in [-0.15, -0.1) is 0 Å². The molecule has 0 unspecified atom stereocenters. The van der Waals surface area contributed by atoms with Gasteiger partial charge in [-0.3, -0.25) is 38.9 Å². The molecule has 5 aliphatic rings. The molecule has 16 rings (SSSR count). The average molecular weight is 1470 g/mol. The molecule has 3 aromatic heterocycles. The molecular formula is C86H79F3N8O12. The van der Waals surface area contributed by atoms with Gasteiger partial charge < -0.3 is 53.7 Å². The number of hydrogen-bond donors (Lipinski definition) is 2. The minimum Gasteiger partial charge on any atom is -0.505 e. The quantitative estimate of drug-likeness (QED) is 0.0862. The van der Waals surface area contributed by atoms with Crippen LogP contribution in [0.4, 0.5) is 13.2 Å². The van der Waals surface area contributed by atoms with Crippen LogP contribution in [0.5, 0.6) is 28.7 Å². The minimum atomic E-state index is -1.14. The summed E-state index contributed by atoms with van der Waals surface area (Å²) in [6.07, 6.45) is 12.5. The van der Waals surface area contributed by atoms with E-state index in [1.807, 2.05) is 70.5 Å². The van der Waals surface area contributed by atoms with E-state index < -0.39 is 5.97 Å². The highest BCUT2D eigenvalue weighted by atomic mass is 19.1. The van der Waals surface area contributed by atoms with Crippen LogP contribution in [0.3, 0.4) is 0 Å². The lowest BCUT2D eigenvalue weighted by molar-refractivity contribution is 0.0692. The highest BCUT2D eigenvalue weighted by molar-refractivity contribution is 6.18. The molecule has 0 atom stereocenters. The standard InChI is InChI=1S/C33H32FN3O4.C28H23FN2O5.C25H24FN3O3/c1-36-19-27-28(33(39)37-14-4-3-5-15-37)26-17-23(16-21-6-10-24(34)11-7-21)18-35-30(26)31(29(27)32(36)38)41-20-22-8-12-25(40-2)13-9-22;1-31-14-22-23(28(33)34)21-12-18(11-16-3-7-19(29)8-4-16)13-30-25(21)26(24(22)27(31)32)36-15-17-5-9-20(35-2)10-6-17;1-28-14-19-20(25(32)29-9-3-2-4-10-29)18-12-16(11-15-5-7-17(26)8-6-15)13-27-22(18)23(30)21(19)24(28)31/h6-13,17-18H,3-5,14-16,19-20H2,1-2H3;3-10,12-13H,11,14-15H2,1-2H3,(H,33,34);5-8,12-13,30H,2-4,9-11,14H2,1H3. The van der Waals surface area contributed by atoms with Crippen molar-refractivity contribution in [2.24, 2.45) is 0 Å². The Hall–Kier alpha value is -12.4. The average Bonchev–Trinajstić information content (AvgIpc) is 1.66. The van der Waals surface area contributed by atoms with Crippen LogP contribution in [0.2, 0.25) is 0 Å². The zero-order chi connectivity index (χ0) is 76.3. The van der Waals surface area contributed by atoms with Crippen molar-refractivity contribution >= 4 is 68.2 Å². The lowest BCUT2D eigenvalue weighted by atomic mass is 9.93. The van der Waals surface area contributed by atoms with Crippen molar-refractivity contribution in [1.29, 1.82) is 0 Å². The fourth-order valence-electron chi connectivity index (χ4n) is 15.0. The Morgan fingerprint density at radius 2 is 0.725 bits per heavy atom. The number of carboxylic acid groups (broad SMARTS) is 1. The lowest BCUT2D eigenvalue weighted by Crippen LogP contribution is -2.36. The normalized spacial score (nSPS) is 14.5. The zero-order valence-corrected chi connectivity index (χ0v) is 60.9. The smallest absolute Gasteiger partial charge is 0.336 e. The van der Waals surface area contributed by atoms with Gasteiger partial charge in [0.15, 0.2) is 17.2 Å². The van der Waals surface area contributed by atoms with Gasteiger partial charge in [0, 0.05) is 118 Å². The van der Waals surface area contributed by atoms with Crippen LogP contribution in [0.25, 0.3) is 32.7 Å². The number of aromatic nitrogens is 3. The number of carbonyl (C=O) groups excluding carboxylic acids is 5. The molecular weight excluding hydrogens is 1390 g/mol. The molecule has 11 aromatic rings. The number of ether oxygens (including phenoxy) is 4. The number of piperidine rings is 2. The van der Waals surface area contributed by atoms with E-state index in [2.05, 4.69) is 9.97 Å². The second-order valence-electron chi connectivity index (χ2n) is 28.1. The molecule has 2 saturated heterocycles. The number of nitrogens with zero attached hydrogens (tertiary/aromatic N) is 8. The maximum atomic E-state index is 14.1. The lowest BCUT2D eigenvalue weighted by Gasteiger charge is -2.28. The summed E-state index contributed by atoms with van der Waals surface area (Å²) in [6.45, 7) is 3.89. The number of carbonyl (C=O) groups is 6. The summed E-state index contributed by atoms with van der Waals surface area (Å²) in [4.78, 5) is 102. The largest absolute Gasteiger partial charge is 0.505 e. The second kappa shape index (κ2) is 31.6. The van der Waals surface area contributed by atoms with Gasteiger partial charge in [0.1, 0.15) is 58.7 Å². The van der Waals surface area contributed by atoms with E-state index in [4.69, 9.17) is 23.9 Å². The number of halogens is 3. The number of pyridine rings is 3. The molecule has 2 fully saturated rings. The van der Waals surface area contributed by atoms with Crippen LogP contribution >= 0.6 is 0 Å². The summed E-state index contributed by atoms with van der Waals surface area (Å²) in [5.41, 5.74) is 11.5. The predicted octanol–water partition coefficient (Wildman–Crippen LogP) is 14.5. The van der Waals surface area contributed by atoms with Crippen molar-refractivity contribution in [2.75, 3.05) is 61.5 Å². The summed E-state index contributed by atoms with van der Waals surface area (Å²) in [6, 6.07) is 39.2. The molecule has 2 N–H and O–H groups in total. The molecule has 0 saturated carbocycles. The van der Waals surface area contributed by atoms with Gasteiger partial charge in [-0.05, 0) is 181 Å². The monoisotopic (exact) mass is 1470 g/mol. The molecule has 5 amide bonds. The maximum absolute atomic E-state index is 14.1. The number of rotatable bonds is 17. The summed E-state index contributed by atoms with van der Waals surface area (Å²) in [5.74, 6) is -1.09. The van der Waals surface area contributed by atoms with Crippen LogP contribution < -0.4 is 18.9 Å². The summed E-state index contributed by atoms with van der Waals surface area (Å²) < 4.78 is 63.1. The molecule has 0 spiro atoms. The molecule has 0 radical (unpaired) electrons. The van der Waals surface area contributed by atoms with Gasteiger partial charge in [-0.2, -0.15) is 0 Å². The van der Waals surface area contributed by atoms with Crippen molar-refractivity contribution in [3.63, 3.8) is 0 Å². The molecule has 556 valence electrons. The first-order chi connectivity index (χ1) is 52.7. The number of aromatic hydroxyl groups is 1. The molecule has 23 heteroatoms. The fourth-order valence-corrected chi connectivity index (χ4v) is 15.0. The molecule has 8 aromatic carbocycles. The van der Waals surface area contributed by atoms with Gasteiger partial charge in [-0.1, -0.05) is 60.7 Å². The number of phenolic OH excluding ortho intramolecular Hbond substituents is 1. The molecule has 0 bridgehead atoms. The Morgan fingerprint density at radius 3 is 1.08 bits per heavy atom. The summed E-state index contributed by atoms with van der Waals surface area (Å²) in [7, 11) is 8.23. The van der Waals surface area contributed by atoms with Gasteiger partial charge in [0.05, 0.1) is 47.6 Å². The van der Waals surface area contributed by atoms with E-state index >= 15 is 0 Å². The molecule has 109 heavy (non-hydrogen) atoms. The Morgan fingerprint density at radius 1 is 0.413 bits per heavy atom. The summed E-state index contributed by atoms with van der Waals surface area (Å²) in [5, 5.41) is 22.7. The first-order valence-corrected chi connectivity index (χ1v) is 36.2. The number of methoxy groups -OCH3 is 2. The number of hydrogen-bond acceptors (Lipinski definition) is 14. The minimum absolute atomic E-state index is 0.0444. The number of amides is 5. The van der Waals surface area contributed by atoms with Crippen LogP contribution in [0, 0.1) is 17.5 Å². The van der Waals surface area contributed by atoms with Crippen LogP contribution in [0.15, 0.2) is 158 Å². The van der Waals surface area contributed by atoms with E-state index in [1.54, 1.807) is 101 Å². The van der Waals surface area contributed by atoms with Crippen molar-refractivity contribution in [1.82, 2.24) is 39.5 Å². The first-order valence-electron chi connectivity index (χ1n) is 36.2. The molecule has 0 aliphatic carbocycles. The Bertz CT molecular complexity index is 5380. The topological polar surface area (TPSA) is 235 Å². The zero-order valence-electron chi connectivity index (χ0n) is 60.9. The number of fused-ring (bicyclic) bond motifs is 6. The molecule has 5 aliphatic heterocycles. The molecule has 20 nitrogen and oxygen atoms in total. The SMILES string of the molecule is CN1Cc2c(c(O)c3ncc(Cc4ccc(F)cc4)cc3c2C(=O)N2CCCCC2)C1=O.COc1ccc(COc2c3c(c(C(=O)N4CCCCC4)c4cc(Cc5ccc(F)cc5)cnc24)CN(C)C3=O)cc1.COc1ccc(COc2c3c(c(C(=O)O)c4cc(Cc5ccc(F)cc5)cnc24)CN(C)C3=O)cc1. The number of likely N-dealkylation sites (tertiary alicyclic amines) is 2. The van der Waals surface area contributed by atoms with Crippen LogP contribution in [0.1, 0.15) is 162 Å². The number of benzene rings is 8. The van der Waals surface area contributed by atoms with Gasteiger partial charge in [0.2, 0.25) is 0 Å². The van der Waals surface area contributed by atoms with E-state index in [0.29, 0.717) is 124 Å². The highest BCUT2D eigenvalue weighted by Crippen LogP contribution is 2.45. The van der Waals surface area contributed by atoms with E-state index in [1.165, 1.54) is 46.2 Å². The maximum Gasteiger partial charge on any atom is 0.336 e. The third-order valence-corrected chi connectivity index (χ3v) is 20.6. The third kappa shape index (κ3) is 15.2. The van der Waals surface area contributed by atoms with Gasteiger partial charge >= 0.3 is 5.97 Å². The Kier molecular flexibility index (Phi) is 21.3. The van der Waals surface area contributed by atoms with Crippen molar-refractivity contribution in [3.8, 4) is 28.7 Å². The first kappa shape index (κ1) is 73.5. The Balaban J connectivity index is 0.000000138. The number of phenols is 1. The fraction of sp³-hybridized carbons (Fsp3) is 0.267. The van der Waals surface area contributed by atoms with Crippen molar-refractivity contribution < 1.29 is 71.1 Å². The van der Waals surface area contributed by atoms with E-state index in [-0.39, 0.29) is 107 Å². The van der Waals surface area contributed by atoms with Crippen LogP contribution in [-0.2, 0) is 52.1 Å². The highest BCUT2D eigenvalue weighted by Gasteiger charge is 2.40. The predicted molar refractivity (Wildman–Crippen MR) is 403 cm³/mol. The Labute approximate surface area is 626 Å².